The van der Waals surface area contributed by atoms with E-state index in [0.717, 1.165) is 24.1 Å². The highest BCUT2D eigenvalue weighted by molar-refractivity contribution is 5.42. The fourth-order valence-electron chi connectivity index (χ4n) is 2.24. The van der Waals surface area contributed by atoms with E-state index in [-0.39, 0.29) is 0 Å². The average molecular weight is 222 g/mol. The monoisotopic (exact) mass is 222 g/mol. The van der Waals surface area contributed by atoms with E-state index in [1.54, 1.807) is 4.68 Å². The molecule has 0 radical (unpaired) electrons. The molecule has 1 aliphatic carbocycles. The molecule has 0 amide bonds. The topological polar surface area (TPSA) is 47.1 Å². The Morgan fingerprint density at radius 2 is 2.19 bits per heavy atom. The number of hydrogen-bond acceptors (Lipinski definition) is 3. The van der Waals surface area contributed by atoms with Gasteiger partial charge in [0.15, 0.2) is 0 Å². The normalized spacial score (nSPS) is 16.0. The second-order valence-corrected chi connectivity index (χ2v) is 4.77. The van der Waals surface area contributed by atoms with Crippen molar-refractivity contribution in [2.24, 2.45) is 7.05 Å². The van der Waals surface area contributed by atoms with E-state index >= 15 is 0 Å². The Kier molecular flexibility index (Phi) is 3.19. The van der Waals surface area contributed by atoms with Crippen molar-refractivity contribution in [1.29, 1.82) is 0 Å². The Morgan fingerprint density at radius 3 is 2.62 bits per heavy atom. The van der Waals surface area contributed by atoms with Crippen LogP contribution in [0.5, 0.6) is 0 Å². The van der Waals surface area contributed by atoms with Crippen molar-refractivity contribution in [2.45, 2.75) is 45.7 Å². The van der Waals surface area contributed by atoms with Gasteiger partial charge in [0.25, 0.3) is 0 Å². The van der Waals surface area contributed by atoms with Crippen LogP contribution in [0.4, 0.5) is 5.82 Å². The predicted molar refractivity (Wildman–Crippen MR) is 66.1 cm³/mol. The number of anilines is 1. The zero-order chi connectivity index (χ0) is 11.7. The molecule has 4 nitrogen and oxygen atoms in total. The minimum absolute atomic E-state index is 0.791. The number of nitrogens with two attached hydrogens (primary N) is 1. The van der Waals surface area contributed by atoms with E-state index in [0.29, 0.717) is 0 Å². The van der Waals surface area contributed by atoms with Gasteiger partial charge in [0.2, 0.25) is 0 Å². The summed E-state index contributed by atoms with van der Waals surface area (Å²) in [5.41, 5.74) is 8.32. The van der Waals surface area contributed by atoms with Gasteiger partial charge in [-0.05, 0) is 32.7 Å². The number of aryl methyl sites for hydroxylation is 2. The first-order valence-corrected chi connectivity index (χ1v) is 6.15. The molecule has 1 fully saturated rings. The van der Waals surface area contributed by atoms with Crippen LogP contribution in [0.3, 0.4) is 0 Å². The highest BCUT2D eigenvalue weighted by atomic mass is 15.3. The second-order valence-electron chi connectivity index (χ2n) is 4.77. The van der Waals surface area contributed by atoms with E-state index in [9.17, 15) is 0 Å². The van der Waals surface area contributed by atoms with Gasteiger partial charge in [-0.2, -0.15) is 5.10 Å². The zero-order valence-electron chi connectivity index (χ0n) is 10.5. The first kappa shape index (κ1) is 11.5. The molecule has 0 atom stereocenters. The van der Waals surface area contributed by atoms with Crippen LogP contribution < -0.4 is 5.73 Å². The van der Waals surface area contributed by atoms with E-state index < -0.39 is 0 Å². The van der Waals surface area contributed by atoms with Crippen LogP contribution in [-0.2, 0) is 13.6 Å². The molecule has 1 aromatic heterocycles. The van der Waals surface area contributed by atoms with Gasteiger partial charge in [-0.3, -0.25) is 9.58 Å². The quantitative estimate of drug-likeness (QED) is 0.824. The number of rotatable bonds is 5. The molecule has 0 aromatic carbocycles. The number of hydrogen-bond donors (Lipinski definition) is 1. The number of nitrogen functional groups attached to an aromatic ring is 1. The van der Waals surface area contributed by atoms with E-state index in [4.69, 9.17) is 5.73 Å². The first-order chi connectivity index (χ1) is 7.63. The maximum absolute atomic E-state index is 6.04. The number of nitrogens with zero attached hydrogens (tertiary/aromatic N) is 3. The largest absolute Gasteiger partial charge is 0.384 e. The highest BCUT2D eigenvalue weighted by Gasteiger charge is 2.29. The Hall–Kier alpha value is -1.03. The third-order valence-electron chi connectivity index (χ3n) is 3.33. The molecule has 16 heavy (non-hydrogen) atoms. The summed E-state index contributed by atoms with van der Waals surface area (Å²) in [5.74, 6) is 0.819. The van der Waals surface area contributed by atoms with Crippen LogP contribution in [0.15, 0.2) is 0 Å². The minimum Gasteiger partial charge on any atom is -0.384 e. The molecule has 0 bridgehead atoms. The maximum atomic E-state index is 6.04. The average Bonchev–Trinajstić information content (AvgIpc) is 3.03. The molecule has 0 spiro atoms. The van der Waals surface area contributed by atoms with Crippen LogP contribution in [0.2, 0.25) is 0 Å². The smallest absolute Gasteiger partial charge is 0.126 e. The second kappa shape index (κ2) is 4.45. The fourth-order valence-corrected chi connectivity index (χ4v) is 2.24. The van der Waals surface area contributed by atoms with E-state index in [1.807, 2.05) is 14.0 Å². The molecular weight excluding hydrogens is 200 g/mol. The van der Waals surface area contributed by atoms with Gasteiger partial charge in [0.05, 0.1) is 5.69 Å². The van der Waals surface area contributed by atoms with Crippen LogP contribution in [0, 0.1) is 6.92 Å². The van der Waals surface area contributed by atoms with Crippen molar-refractivity contribution >= 4 is 5.82 Å². The maximum Gasteiger partial charge on any atom is 0.126 e. The SMILES string of the molecule is CCCN(Cc1c(C)nn(C)c1N)C1CC1. The van der Waals surface area contributed by atoms with Crippen LogP contribution in [-0.4, -0.2) is 27.3 Å². The molecule has 2 rings (SSSR count). The van der Waals surface area contributed by atoms with Crippen molar-refractivity contribution < 1.29 is 0 Å². The summed E-state index contributed by atoms with van der Waals surface area (Å²) in [6.07, 6.45) is 3.90. The lowest BCUT2D eigenvalue weighted by Crippen LogP contribution is -2.26. The first-order valence-electron chi connectivity index (χ1n) is 6.15. The summed E-state index contributed by atoms with van der Waals surface area (Å²) in [4.78, 5) is 2.54. The van der Waals surface area contributed by atoms with E-state index in [2.05, 4.69) is 16.9 Å². The van der Waals surface area contributed by atoms with Gasteiger partial charge in [-0.1, -0.05) is 6.92 Å². The third-order valence-corrected chi connectivity index (χ3v) is 3.33. The standard InChI is InChI=1S/C12H22N4/c1-4-7-16(10-5-6-10)8-11-9(2)14-15(3)12(11)13/h10H,4-8,13H2,1-3H3. The lowest BCUT2D eigenvalue weighted by molar-refractivity contribution is 0.255. The Bertz CT molecular complexity index is 365. The van der Waals surface area contributed by atoms with Crippen LogP contribution in [0.25, 0.3) is 0 Å². The predicted octanol–water partition coefficient (Wildman–Crippen LogP) is 1.69. The van der Waals surface area contributed by atoms with Gasteiger partial charge in [0.1, 0.15) is 5.82 Å². The fraction of sp³-hybridized carbons (Fsp3) is 0.750. The minimum atomic E-state index is 0.791. The van der Waals surface area contributed by atoms with Gasteiger partial charge < -0.3 is 5.73 Å². The van der Waals surface area contributed by atoms with Gasteiger partial charge >= 0.3 is 0 Å². The molecule has 0 saturated heterocycles. The van der Waals surface area contributed by atoms with Crippen molar-refractivity contribution in [3.63, 3.8) is 0 Å². The van der Waals surface area contributed by atoms with Crippen molar-refractivity contribution in [3.05, 3.63) is 11.3 Å². The molecule has 90 valence electrons. The Labute approximate surface area is 97.4 Å². The molecule has 4 heteroatoms. The molecule has 0 unspecified atom stereocenters. The van der Waals surface area contributed by atoms with Crippen LogP contribution in [0.1, 0.15) is 37.4 Å². The molecule has 1 aliphatic rings. The summed E-state index contributed by atoms with van der Waals surface area (Å²) in [6.45, 7) is 6.40. The van der Waals surface area contributed by atoms with Gasteiger partial charge in [0, 0.05) is 25.2 Å². The Balaban J connectivity index is 2.11. The van der Waals surface area contributed by atoms with E-state index in [1.165, 1.54) is 31.4 Å². The highest BCUT2D eigenvalue weighted by Crippen LogP contribution is 2.30. The summed E-state index contributed by atoms with van der Waals surface area (Å²) in [7, 11) is 1.91. The van der Waals surface area contributed by atoms with Gasteiger partial charge in [-0.15, -0.1) is 0 Å². The Morgan fingerprint density at radius 1 is 1.50 bits per heavy atom. The molecule has 1 heterocycles. The summed E-state index contributed by atoms with van der Waals surface area (Å²) >= 11 is 0. The molecule has 0 aliphatic heterocycles. The number of aromatic nitrogens is 2. The zero-order valence-corrected chi connectivity index (χ0v) is 10.5. The lowest BCUT2D eigenvalue weighted by Gasteiger charge is -2.21. The molecule has 1 saturated carbocycles. The molecule has 1 aromatic rings. The lowest BCUT2D eigenvalue weighted by atomic mass is 10.2. The summed E-state index contributed by atoms with van der Waals surface area (Å²) in [5, 5.41) is 4.37. The summed E-state index contributed by atoms with van der Waals surface area (Å²) in [6, 6.07) is 0.791. The molecular formula is C12H22N4. The van der Waals surface area contributed by atoms with Crippen molar-refractivity contribution in [1.82, 2.24) is 14.7 Å². The van der Waals surface area contributed by atoms with Crippen molar-refractivity contribution in [3.8, 4) is 0 Å². The summed E-state index contributed by atoms with van der Waals surface area (Å²) < 4.78 is 1.78. The van der Waals surface area contributed by atoms with Crippen LogP contribution >= 0.6 is 0 Å². The van der Waals surface area contributed by atoms with Crippen molar-refractivity contribution in [2.75, 3.05) is 12.3 Å². The molecule has 2 N–H and O–H groups in total. The third kappa shape index (κ3) is 2.21. The van der Waals surface area contributed by atoms with Gasteiger partial charge in [-0.25, -0.2) is 0 Å².